The number of benzene rings is 3. The minimum atomic E-state index is -0.125. The van der Waals surface area contributed by atoms with Gasteiger partial charge in [-0.3, -0.25) is 9.78 Å². The molecule has 0 bridgehead atoms. The molecule has 2 aromatic heterocycles. The monoisotopic (exact) mass is 723 g/mol. The van der Waals surface area contributed by atoms with Gasteiger partial charge in [0.05, 0.1) is 5.76 Å². The van der Waals surface area contributed by atoms with Gasteiger partial charge in [-0.25, -0.2) is 0 Å². The van der Waals surface area contributed by atoms with Crippen molar-refractivity contribution >= 4 is 16.9 Å². The minimum Gasteiger partial charge on any atom is -0.512 e. The molecule has 2 heterocycles. The SMILES string of the molecule is CC(=O)/C=C(/C)O.Cc1cc(C(C)(C)C)cc(C)c1-c1cc2ccc(-c3[c-]ccc(-c4ccccc4)c3)nc2o1.[Ir]. The summed E-state index contributed by atoms with van der Waals surface area (Å²) in [4.78, 5) is 14.9. The van der Waals surface area contributed by atoms with Gasteiger partial charge in [0.1, 0.15) is 5.76 Å². The van der Waals surface area contributed by atoms with Crippen molar-refractivity contribution in [2.45, 2.75) is 53.9 Å². The smallest absolute Gasteiger partial charge is 0.217 e. The Morgan fingerprint density at radius 1 is 0.902 bits per heavy atom. The van der Waals surface area contributed by atoms with E-state index in [9.17, 15) is 4.79 Å². The molecule has 41 heavy (non-hydrogen) atoms. The molecule has 0 unspecified atom stereocenters. The molecular weight excluding hydrogens is 687 g/mol. The first-order valence-corrected chi connectivity index (χ1v) is 13.4. The standard InChI is InChI=1S/C31H28NO.C5H8O2.Ir/c1-20-16-26(31(3,4)5)17-21(2)29(20)28-19-25-14-15-27(32-30(25)33-28)24-13-9-12-23(18-24)22-10-7-6-8-11-22;1-4(6)3-5(2)7;/h6-12,14-19H,1-5H3;3,6H,1-2H3;/q-1;;/b;4-3-;. The van der Waals surface area contributed by atoms with Crippen LogP contribution in [0.3, 0.4) is 0 Å². The van der Waals surface area contributed by atoms with Crippen molar-refractivity contribution in [3.05, 3.63) is 113 Å². The molecule has 0 atom stereocenters. The van der Waals surface area contributed by atoms with E-state index >= 15 is 0 Å². The third kappa shape index (κ3) is 7.91. The van der Waals surface area contributed by atoms with E-state index in [-0.39, 0.29) is 37.1 Å². The van der Waals surface area contributed by atoms with Crippen LogP contribution in [0, 0.1) is 19.9 Å². The Bertz CT molecular complexity index is 1660. The number of allylic oxidation sites excluding steroid dienone is 2. The molecule has 0 spiro atoms. The first-order chi connectivity index (χ1) is 18.9. The van der Waals surface area contributed by atoms with Gasteiger partial charge in [-0.2, -0.15) is 0 Å². The molecule has 0 fully saturated rings. The Hall–Kier alpha value is -3.79. The number of furan rings is 1. The second kappa shape index (κ2) is 13.2. The summed E-state index contributed by atoms with van der Waals surface area (Å²) in [6, 6.07) is 30.7. The third-order valence-electron chi connectivity index (χ3n) is 6.62. The Balaban J connectivity index is 0.000000516. The number of hydrogen-bond donors (Lipinski definition) is 1. The fourth-order valence-corrected chi connectivity index (χ4v) is 4.69. The van der Waals surface area contributed by atoms with Crippen molar-refractivity contribution in [3.8, 4) is 33.7 Å². The summed E-state index contributed by atoms with van der Waals surface area (Å²) >= 11 is 0. The molecule has 0 amide bonds. The van der Waals surface area contributed by atoms with Crippen LogP contribution in [-0.4, -0.2) is 15.9 Å². The van der Waals surface area contributed by atoms with Gasteiger partial charge in [0, 0.05) is 37.1 Å². The first-order valence-electron chi connectivity index (χ1n) is 13.4. The molecule has 1 radical (unpaired) electrons. The van der Waals surface area contributed by atoms with Gasteiger partial charge in [0.2, 0.25) is 5.71 Å². The molecule has 213 valence electrons. The first kappa shape index (κ1) is 31.7. The molecular formula is C36H36IrNO3-. The second-order valence-electron chi connectivity index (χ2n) is 11.2. The number of aromatic nitrogens is 1. The predicted octanol–water partition coefficient (Wildman–Crippen LogP) is 9.58. The quantitative estimate of drug-likeness (QED) is 0.114. The topological polar surface area (TPSA) is 63.3 Å². The van der Waals surface area contributed by atoms with Crippen LogP contribution in [0.4, 0.5) is 0 Å². The van der Waals surface area contributed by atoms with Gasteiger partial charge in [-0.05, 0) is 67.1 Å². The van der Waals surface area contributed by atoms with Gasteiger partial charge in [-0.15, -0.1) is 35.4 Å². The summed E-state index contributed by atoms with van der Waals surface area (Å²) < 4.78 is 6.29. The zero-order valence-electron chi connectivity index (χ0n) is 24.6. The van der Waals surface area contributed by atoms with Crippen LogP contribution in [0.2, 0.25) is 0 Å². The number of hydrogen-bond acceptors (Lipinski definition) is 4. The van der Waals surface area contributed by atoms with E-state index in [1.54, 1.807) is 0 Å². The third-order valence-corrected chi connectivity index (χ3v) is 6.62. The molecule has 3 aromatic carbocycles. The fourth-order valence-electron chi connectivity index (χ4n) is 4.69. The van der Waals surface area contributed by atoms with Crippen LogP contribution in [0.5, 0.6) is 0 Å². The average Bonchev–Trinajstić information content (AvgIpc) is 3.30. The zero-order valence-corrected chi connectivity index (χ0v) is 27.0. The number of nitrogens with zero attached hydrogens (tertiary/aromatic N) is 1. The summed E-state index contributed by atoms with van der Waals surface area (Å²) in [7, 11) is 0. The summed E-state index contributed by atoms with van der Waals surface area (Å²) in [5.74, 6) is 0.805. The number of aliphatic hydroxyl groups excluding tert-OH is 1. The van der Waals surface area contributed by atoms with E-state index in [0.29, 0.717) is 5.71 Å². The number of pyridine rings is 1. The summed E-state index contributed by atoms with van der Waals surface area (Å²) in [6.07, 6.45) is 1.17. The Morgan fingerprint density at radius 2 is 1.56 bits per heavy atom. The molecule has 5 aromatic rings. The van der Waals surface area contributed by atoms with Crippen molar-refractivity contribution in [2.75, 3.05) is 0 Å². The van der Waals surface area contributed by atoms with Gasteiger partial charge >= 0.3 is 0 Å². The average molecular weight is 723 g/mol. The van der Waals surface area contributed by atoms with E-state index < -0.39 is 0 Å². The number of rotatable bonds is 4. The van der Waals surface area contributed by atoms with Crippen LogP contribution in [0.1, 0.15) is 51.3 Å². The normalized spacial score (nSPS) is 11.4. The van der Waals surface area contributed by atoms with E-state index in [2.05, 4.69) is 101 Å². The molecule has 0 saturated heterocycles. The van der Waals surface area contributed by atoms with Gasteiger partial charge < -0.3 is 9.52 Å². The van der Waals surface area contributed by atoms with Crippen molar-refractivity contribution in [2.24, 2.45) is 0 Å². The molecule has 0 aliphatic rings. The van der Waals surface area contributed by atoms with E-state index in [4.69, 9.17) is 14.5 Å². The van der Waals surface area contributed by atoms with Gasteiger partial charge in [-0.1, -0.05) is 75.4 Å². The van der Waals surface area contributed by atoms with E-state index in [0.717, 1.165) is 33.5 Å². The van der Waals surface area contributed by atoms with Crippen LogP contribution in [-0.2, 0) is 30.3 Å². The number of ketones is 1. The second-order valence-corrected chi connectivity index (χ2v) is 11.2. The molecule has 0 aliphatic carbocycles. The van der Waals surface area contributed by atoms with Gasteiger partial charge in [0.25, 0.3) is 0 Å². The molecule has 4 nitrogen and oxygen atoms in total. The van der Waals surface area contributed by atoms with Crippen LogP contribution in [0.25, 0.3) is 44.8 Å². The van der Waals surface area contributed by atoms with Gasteiger partial charge in [0.15, 0.2) is 5.78 Å². The predicted molar refractivity (Wildman–Crippen MR) is 164 cm³/mol. The Morgan fingerprint density at radius 3 is 2.12 bits per heavy atom. The van der Waals surface area contributed by atoms with Crippen molar-refractivity contribution in [3.63, 3.8) is 0 Å². The summed E-state index contributed by atoms with van der Waals surface area (Å²) in [5, 5.41) is 9.37. The number of aryl methyl sites for hydroxylation is 2. The summed E-state index contributed by atoms with van der Waals surface area (Å²) in [6.45, 7) is 13.9. The Kier molecular flexibility index (Phi) is 10.3. The number of aliphatic hydroxyl groups is 1. The van der Waals surface area contributed by atoms with Crippen molar-refractivity contribution < 1.29 is 34.4 Å². The largest absolute Gasteiger partial charge is 0.512 e. The Labute approximate surface area is 256 Å². The van der Waals surface area contributed by atoms with E-state index in [1.807, 2.05) is 18.2 Å². The summed E-state index contributed by atoms with van der Waals surface area (Å²) in [5.41, 5.74) is 9.85. The maximum atomic E-state index is 10.0. The van der Waals surface area contributed by atoms with Crippen LogP contribution < -0.4 is 0 Å². The molecule has 5 rings (SSSR count). The molecule has 0 aliphatic heterocycles. The van der Waals surface area contributed by atoms with Crippen LogP contribution in [0.15, 0.2) is 95.1 Å². The number of carbonyl (C=O) groups is 1. The molecule has 1 N–H and O–H groups in total. The van der Waals surface area contributed by atoms with Crippen LogP contribution >= 0.6 is 0 Å². The molecule has 0 saturated carbocycles. The minimum absolute atomic E-state index is 0. The van der Waals surface area contributed by atoms with E-state index in [1.165, 1.54) is 42.2 Å². The van der Waals surface area contributed by atoms with Crippen molar-refractivity contribution in [1.29, 1.82) is 0 Å². The molecule has 5 heteroatoms. The van der Waals surface area contributed by atoms with Crippen molar-refractivity contribution in [1.82, 2.24) is 4.98 Å². The maximum Gasteiger partial charge on any atom is 0.217 e. The number of carbonyl (C=O) groups excluding carboxylic acids is 1. The fraction of sp³-hybridized carbons (Fsp3) is 0.222. The zero-order chi connectivity index (χ0) is 29.0. The maximum absolute atomic E-state index is 10.0. The number of fused-ring (bicyclic) bond motifs is 1.